The maximum absolute atomic E-state index is 5.05. The fourth-order valence-electron chi connectivity index (χ4n) is 1.19. The van der Waals surface area contributed by atoms with Gasteiger partial charge in [-0.05, 0) is 0 Å². The summed E-state index contributed by atoms with van der Waals surface area (Å²) < 4.78 is 10.1. The third kappa shape index (κ3) is 2.69. The molecule has 0 saturated heterocycles. The molecular weight excluding hydrogens is 328 g/mol. The Morgan fingerprint density at radius 3 is 1.73 bits per heavy atom. The van der Waals surface area contributed by atoms with Crippen LogP contribution in [0.15, 0.2) is 21.2 Å². The van der Waals surface area contributed by atoms with E-state index in [1.165, 1.54) is 0 Å². The van der Waals surface area contributed by atoms with E-state index in [4.69, 9.17) is 9.05 Å². The minimum atomic E-state index is 0.632. The lowest BCUT2D eigenvalue weighted by Gasteiger charge is -1.85. The number of hydrogen-bond acceptors (Lipinski definition) is 4. The normalized spacial score (nSPS) is 10.8. The van der Waals surface area contributed by atoms with E-state index in [9.17, 15) is 0 Å². The Morgan fingerprint density at radius 2 is 1.40 bits per heavy atom. The lowest BCUT2D eigenvalue weighted by Crippen LogP contribution is -1.86. The van der Waals surface area contributed by atoms with Gasteiger partial charge in [0.05, 0.1) is 22.0 Å². The van der Waals surface area contributed by atoms with Gasteiger partial charge in [-0.2, -0.15) is 0 Å². The van der Waals surface area contributed by atoms with E-state index < -0.39 is 0 Å². The first-order chi connectivity index (χ1) is 7.31. The molecule has 0 amide bonds. The summed E-state index contributed by atoms with van der Waals surface area (Å²) in [5, 5.41) is 9.18. The van der Waals surface area contributed by atoms with Crippen LogP contribution in [0.25, 0.3) is 0 Å². The van der Waals surface area contributed by atoms with E-state index in [1.807, 2.05) is 12.1 Å². The highest BCUT2D eigenvalue weighted by Crippen LogP contribution is 2.13. The average Bonchev–Trinajstić information content (AvgIpc) is 2.87. The zero-order chi connectivity index (χ0) is 10.7. The smallest absolute Gasteiger partial charge is 0.147 e. The van der Waals surface area contributed by atoms with Crippen LogP contribution < -0.4 is 0 Å². The molecule has 2 aromatic rings. The van der Waals surface area contributed by atoms with Crippen molar-refractivity contribution in [3.8, 4) is 0 Å². The van der Waals surface area contributed by atoms with Crippen molar-refractivity contribution < 1.29 is 9.05 Å². The predicted molar refractivity (Wildman–Crippen MR) is 61.1 cm³/mol. The molecule has 0 aliphatic rings. The Morgan fingerprint density at radius 1 is 0.933 bits per heavy atom. The van der Waals surface area contributed by atoms with Gasteiger partial charge in [0.25, 0.3) is 0 Å². The molecule has 0 aliphatic heterocycles. The summed E-state index contributed by atoms with van der Waals surface area (Å²) in [5.74, 6) is 1.63. The quantitative estimate of drug-likeness (QED) is 0.806. The molecule has 0 aromatic carbocycles. The summed E-state index contributed by atoms with van der Waals surface area (Å²) in [6.07, 6.45) is 0.632. The van der Waals surface area contributed by atoms with Gasteiger partial charge >= 0.3 is 0 Å². The summed E-state index contributed by atoms with van der Waals surface area (Å²) in [4.78, 5) is 0. The van der Waals surface area contributed by atoms with E-state index in [0.717, 1.165) is 22.9 Å². The molecule has 0 radical (unpaired) electrons. The molecule has 0 aliphatic carbocycles. The summed E-state index contributed by atoms with van der Waals surface area (Å²) in [6, 6.07) is 3.80. The molecule has 0 fully saturated rings. The standard InChI is InChI=1S/C9H8Br2N2O2/c10-4-8-2-6(12-14-8)1-7-3-9(5-11)15-13-7/h2-3H,1,4-5H2. The van der Waals surface area contributed by atoms with Gasteiger partial charge in [0, 0.05) is 18.6 Å². The topological polar surface area (TPSA) is 52.1 Å². The van der Waals surface area contributed by atoms with Gasteiger partial charge in [-0.25, -0.2) is 0 Å². The second-order valence-corrected chi connectivity index (χ2v) is 4.13. The van der Waals surface area contributed by atoms with Crippen molar-refractivity contribution in [1.82, 2.24) is 10.3 Å². The van der Waals surface area contributed by atoms with Gasteiger partial charge in [-0.15, -0.1) is 0 Å². The van der Waals surface area contributed by atoms with Crippen LogP contribution >= 0.6 is 31.9 Å². The van der Waals surface area contributed by atoms with Gasteiger partial charge < -0.3 is 9.05 Å². The Hall–Kier alpha value is -0.620. The summed E-state index contributed by atoms with van der Waals surface area (Å²) in [7, 11) is 0. The zero-order valence-electron chi connectivity index (χ0n) is 7.74. The molecule has 4 nitrogen and oxygen atoms in total. The van der Waals surface area contributed by atoms with E-state index in [0.29, 0.717) is 17.1 Å². The molecule has 2 rings (SSSR count). The molecule has 0 bridgehead atoms. The zero-order valence-corrected chi connectivity index (χ0v) is 10.9. The molecular formula is C9H8Br2N2O2. The van der Waals surface area contributed by atoms with E-state index >= 15 is 0 Å². The number of alkyl halides is 2. The minimum Gasteiger partial charge on any atom is -0.360 e. The summed E-state index contributed by atoms with van der Waals surface area (Å²) in [6.45, 7) is 0. The van der Waals surface area contributed by atoms with Crippen molar-refractivity contribution >= 4 is 31.9 Å². The molecule has 2 heterocycles. The fourth-order valence-corrected chi connectivity index (χ4v) is 1.72. The summed E-state index contributed by atoms with van der Waals surface area (Å²) in [5.41, 5.74) is 1.72. The lowest BCUT2D eigenvalue weighted by atomic mass is 10.2. The second kappa shape index (κ2) is 4.94. The first-order valence-electron chi connectivity index (χ1n) is 4.32. The number of rotatable bonds is 4. The van der Waals surface area contributed by atoms with Crippen LogP contribution in [0.1, 0.15) is 22.9 Å². The maximum Gasteiger partial charge on any atom is 0.147 e. The number of hydrogen-bond donors (Lipinski definition) is 0. The van der Waals surface area contributed by atoms with Crippen LogP contribution in [0.2, 0.25) is 0 Å². The Kier molecular flexibility index (Phi) is 3.58. The van der Waals surface area contributed by atoms with Crippen molar-refractivity contribution in [2.75, 3.05) is 0 Å². The van der Waals surface area contributed by atoms with Crippen LogP contribution in [0, 0.1) is 0 Å². The van der Waals surface area contributed by atoms with Crippen LogP contribution in [0.5, 0.6) is 0 Å². The molecule has 6 heteroatoms. The first kappa shape index (κ1) is 10.9. The molecule has 15 heavy (non-hydrogen) atoms. The van der Waals surface area contributed by atoms with Crippen molar-refractivity contribution in [3.63, 3.8) is 0 Å². The second-order valence-electron chi connectivity index (χ2n) is 3.01. The van der Waals surface area contributed by atoms with Gasteiger partial charge in [0.1, 0.15) is 11.5 Å². The van der Waals surface area contributed by atoms with Crippen molar-refractivity contribution in [2.45, 2.75) is 17.1 Å². The monoisotopic (exact) mass is 334 g/mol. The maximum atomic E-state index is 5.05. The van der Waals surface area contributed by atoms with Crippen LogP contribution in [-0.2, 0) is 17.1 Å². The molecule has 0 N–H and O–H groups in total. The highest BCUT2D eigenvalue weighted by atomic mass is 79.9. The molecule has 0 spiro atoms. The van der Waals surface area contributed by atoms with Crippen LogP contribution in [0.3, 0.4) is 0 Å². The molecule has 2 aromatic heterocycles. The van der Waals surface area contributed by atoms with Gasteiger partial charge in [0.2, 0.25) is 0 Å². The SMILES string of the molecule is BrCc1cc(Cc2cc(CBr)on2)no1. The third-order valence-corrected chi connectivity index (χ3v) is 2.95. The number of halogens is 2. The molecule has 0 saturated carbocycles. The van der Waals surface area contributed by atoms with Gasteiger partial charge in [-0.3, -0.25) is 0 Å². The van der Waals surface area contributed by atoms with Gasteiger partial charge in [0.15, 0.2) is 0 Å². The van der Waals surface area contributed by atoms with Gasteiger partial charge in [-0.1, -0.05) is 42.2 Å². The largest absolute Gasteiger partial charge is 0.360 e. The van der Waals surface area contributed by atoms with Crippen molar-refractivity contribution in [1.29, 1.82) is 0 Å². The fraction of sp³-hybridized carbons (Fsp3) is 0.333. The number of nitrogens with zero attached hydrogens (tertiary/aromatic N) is 2. The van der Waals surface area contributed by atoms with E-state index in [2.05, 4.69) is 42.2 Å². The Bertz CT molecular complexity index is 399. The Labute approximate surface area is 103 Å². The predicted octanol–water partition coefficient (Wildman–Crippen LogP) is 3.04. The Balaban J connectivity index is 2.07. The molecule has 80 valence electrons. The third-order valence-electron chi connectivity index (χ3n) is 1.84. The minimum absolute atomic E-state index is 0.632. The van der Waals surface area contributed by atoms with Crippen LogP contribution in [0.4, 0.5) is 0 Å². The summed E-state index contributed by atoms with van der Waals surface area (Å²) >= 11 is 6.59. The highest BCUT2D eigenvalue weighted by Gasteiger charge is 2.08. The highest BCUT2D eigenvalue weighted by molar-refractivity contribution is 9.08. The number of aromatic nitrogens is 2. The van der Waals surface area contributed by atoms with Crippen molar-refractivity contribution in [3.05, 3.63) is 35.0 Å². The molecule has 0 unspecified atom stereocenters. The van der Waals surface area contributed by atoms with E-state index in [-0.39, 0.29) is 0 Å². The van der Waals surface area contributed by atoms with Crippen LogP contribution in [-0.4, -0.2) is 10.3 Å². The average molecular weight is 336 g/mol. The first-order valence-corrected chi connectivity index (χ1v) is 6.57. The lowest BCUT2D eigenvalue weighted by molar-refractivity contribution is 0.383. The van der Waals surface area contributed by atoms with Crippen molar-refractivity contribution in [2.24, 2.45) is 0 Å². The molecule has 0 atom stereocenters. The van der Waals surface area contributed by atoms with E-state index in [1.54, 1.807) is 0 Å².